The van der Waals surface area contributed by atoms with Gasteiger partial charge >= 0.3 is 0 Å². The second-order valence-corrected chi connectivity index (χ2v) is 0.836. The molecule has 0 spiro atoms. The average molecular weight is 217 g/mol. The fourth-order valence-corrected chi connectivity index (χ4v) is 0. The summed E-state index contributed by atoms with van der Waals surface area (Å²) in [6.45, 7) is 0.375. The van der Waals surface area contributed by atoms with Crippen molar-refractivity contribution in [3.05, 3.63) is 0 Å². The van der Waals surface area contributed by atoms with Crippen molar-refractivity contribution in [2.45, 2.75) is 6.92 Å². The molecule has 0 rings (SSSR count). The molecule has 0 heterocycles. The summed E-state index contributed by atoms with van der Waals surface area (Å²) in [6, 6.07) is 0. The van der Waals surface area contributed by atoms with Gasteiger partial charge in [-0.3, -0.25) is 4.79 Å². The molecule has 0 aliphatic carbocycles. The predicted octanol–water partition coefficient (Wildman–Crippen LogP) is 0.545. The molecule has 0 saturated carbocycles. The van der Waals surface area contributed by atoms with E-state index >= 15 is 0 Å². The van der Waals surface area contributed by atoms with E-state index in [2.05, 4.69) is 0 Å². The van der Waals surface area contributed by atoms with Crippen LogP contribution in [0.25, 0.3) is 0 Å². The van der Waals surface area contributed by atoms with Gasteiger partial charge in [0.05, 0.1) is 0 Å². The number of halogens is 1. The quantitative estimate of drug-likeness (QED) is 0.626. The molecule has 6 heavy (non-hydrogen) atoms. The van der Waals surface area contributed by atoms with Crippen molar-refractivity contribution in [1.82, 2.24) is 0 Å². The first kappa shape index (κ1) is 10.1. The number of hydrogen-bond donors (Lipinski definition) is 0. The van der Waals surface area contributed by atoms with E-state index in [1.54, 1.807) is 0 Å². The minimum absolute atomic E-state index is 0. The van der Waals surface area contributed by atoms with E-state index in [4.69, 9.17) is 0 Å². The van der Waals surface area contributed by atoms with Crippen LogP contribution in [0.3, 0.4) is 0 Å². The third kappa shape index (κ3) is 8.88. The molecule has 1 nitrogen and oxygen atoms in total. The van der Waals surface area contributed by atoms with Crippen LogP contribution in [0.15, 0.2) is 0 Å². The standard InChI is InChI=1S/C3H5FO.Pr/c1-3(5)2-4;/h2H2,1H3;. The Bertz CT molecular complexity index is 46.1. The zero-order chi connectivity index (χ0) is 4.28. The molecule has 0 aromatic heterocycles. The summed E-state index contributed by atoms with van der Waals surface area (Å²) in [7, 11) is 0. The van der Waals surface area contributed by atoms with E-state index < -0.39 is 12.5 Å². The van der Waals surface area contributed by atoms with Gasteiger partial charge in [0, 0.05) is 41.3 Å². The molecule has 3 heteroatoms. The third-order valence-corrected chi connectivity index (χ3v) is 0.188. The van der Waals surface area contributed by atoms with Crippen molar-refractivity contribution in [3.63, 3.8) is 0 Å². The molecule has 0 fully saturated rings. The molecule has 0 bridgehead atoms. The Hall–Kier alpha value is 0.964. The van der Waals surface area contributed by atoms with Crippen LogP contribution >= 0.6 is 0 Å². The molecule has 0 amide bonds. The summed E-state index contributed by atoms with van der Waals surface area (Å²) in [5.74, 6) is -0.412. The number of rotatable bonds is 1. The van der Waals surface area contributed by atoms with Crippen molar-refractivity contribution in [2.75, 3.05) is 6.67 Å². The number of carbonyl (C=O) groups is 1. The largest absolute Gasteiger partial charge is 0.297 e. The number of ketones is 1. The van der Waals surface area contributed by atoms with Crippen LogP contribution in [-0.4, -0.2) is 12.5 Å². The van der Waals surface area contributed by atoms with Gasteiger partial charge in [-0.05, 0) is 6.92 Å². The molecular formula is C3H5FOPr. The fraction of sp³-hybridized carbons (Fsp3) is 0.667. The van der Waals surface area contributed by atoms with Crippen molar-refractivity contribution < 1.29 is 50.5 Å². The zero-order valence-corrected chi connectivity index (χ0v) is 7.28. The number of carbonyl (C=O) groups excluding carboxylic acids is 1. The average Bonchev–Trinajstić information content (AvgIpc) is 1.38. The maximum atomic E-state index is 10.8. The second-order valence-electron chi connectivity index (χ2n) is 0.836. The van der Waals surface area contributed by atoms with Gasteiger partial charge in [-0.1, -0.05) is 0 Å². The van der Waals surface area contributed by atoms with Crippen LogP contribution in [0.2, 0.25) is 0 Å². The first-order valence-corrected chi connectivity index (χ1v) is 1.32. The molecule has 0 unspecified atom stereocenters. The molecule has 0 aromatic rings. The molecule has 1 radical (unpaired) electrons. The van der Waals surface area contributed by atoms with Crippen LogP contribution < -0.4 is 0 Å². The molecule has 0 aliphatic heterocycles. The summed E-state index contributed by atoms with van der Waals surface area (Å²) >= 11 is 0. The summed E-state index contributed by atoms with van der Waals surface area (Å²) in [4.78, 5) is 9.44. The molecule has 0 atom stereocenters. The Morgan fingerprint density at radius 1 is 1.83 bits per heavy atom. The van der Waals surface area contributed by atoms with Gasteiger partial charge in [-0.15, -0.1) is 0 Å². The van der Waals surface area contributed by atoms with E-state index in [1.165, 1.54) is 6.92 Å². The van der Waals surface area contributed by atoms with Gasteiger partial charge in [0.1, 0.15) is 6.67 Å². The fourth-order valence-electron chi connectivity index (χ4n) is 0. The molecule has 33 valence electrons. The molecule has 0 aliphatic rings. The van der Waals surface area contributed by atoms with Crippen LogP contribution in [-0.2, 0) is 4.79 Å². The molecule has 0 N–H and O–H groups in total. The summed E-state index contributed by atoms with van der Waals surface area (Å²) in [6.07, 6.45) is 0. The maximum Gasteiger partial charge on any atom is 0.160 e. The Balaban J connectivity index is 0. The van der Waals surface area contributed by atoms with Crippen molar-refractivity contribution >= 4 is 5.78 Å². The van der Waals surface area contributed by atoms with E-state index in [1.807, 2.05) is 0 Å². The topological polar surface area (TPSA) is 17.1 Å². The first-order valence-electron chi connectivity index (χ1n) is 1.32. The zero-order valence-electron chi connectivity index (χ0n) is 3.57. The maximum absolute atomic E-state index is 10.8. The van der Waals surface area contributed by atoms with Crippen LogP contribution in [0.5, 0.6) is 0 Å². The summed E-state index contributed by atoms with van der Waals surface area (Å²) in [5, 5.41) is 0. The van der Waals surface area contributed by atoms with E-state index in [0.29, 0.717) is 0 Å². The monoisotopic (exact) mass is 217 g/mol. The normalized spacial score (nSPS) is 6.33. The third-order valence-electron chi connectivity index (χ3n) is 0.188. The minimum Gasteiger partial charge on any atom is -0.297 e. The SMILES string of the molecule is CC(=O)CF.[Pr]. The van der Waals surface area contributed by atoms with Crippen molar-refractivity contribution in [1.29, 1.82) is 0 Å². The second kappa shape index (κ2) is 5.96. The Morgan fingerprint density at radius 2 is 2.00 bits per heavy atom. The first-order chi connectivity index (χ1) is 2.27. The number of hydrogen-bond acceptors (Lipinski definition) is 1. The Kier molecular flexibility index (Phi) is 9.99. The van der Waals surface area contributed by atoms with Gasteiger partial charge in [0.15, 0.2) is 5.78 Å². The van der Waals surface area contributed by atoms with Gasteiger partial charge in [-0.2, -0.15) is 0 Å². The minimum atomic E-state index is -0.833. The summed E-state index contributed by atoms with van der Waals surface area (Å²) < 4.78 is 10.8. The Morgan fingerprint density at radius 3 is 2.00 bits per heavy atom. The van der Waals surface area contributed by atoms with Crippen molar-refractivity contribution in [2.24, 2.45) is 0 Å². The number of Topliss-reactive ketones (excluding diaryl/α,β-unsaturated/α-hetero) is 1. The van der Waals surface area contributed by atoms with Gasteiger partial charge in [0.2, 0.25) is 0 Å². The predicted molar refractivity (Wildman–Crippen MR) is 16.7 cm³/mol. The summed E-state index contributed by atoms with van der Waals surface area (Å²) in [5.41, 5.74) is 0. The van der Waals surface area contributed by atoms with Crippen LogP contribution in [0, 0.1) is 41.3 Å². The van der Waals surface area contributed by atoms with Gasteiger partial charge in [0.25, 0.3) is 0 Å². The van der Waals surface area contributed by atoms with E-state index in [-0.39, 0.29) is 41.3 Å². The van der Waals surface area contributed by atoms with E-state index in [9.17, 15) is 9.18 Å². The van der Waals surface area contributed by atoms with E-state index in [0.717, 1.165) is 0 Å². The van der Waals surface area contributed by atoms with Crippen LogP contribution in [0.4, 0.5) is 4.39 Å². The molecular weight excluding hydrogens is 212 g/mol. The van der Waals surface area contributed by atoms with Crippen LogP contribution in [0.1, 0.15) is 6.92 Å². The van der Waals surface area contributed by atoms with Crippen molar-refractivity contribution in [3.8, 4) is 0 Å². The molecule has 0 saturated heterocycles. The van der Waals surface area contributed by atoms with Gasteiger partial charge < -0.3 is 0 Å². The van der Waals surface area contributed by atoms with Gasteiger partial charge in [-0.25, -0.2) is 4.39 Å². The molecule has 0 aromatic carbocycles. The Labute approximate surface area is 69.3 Å². The smallest absolute Gasteiger partial charge is 0.160 e. The number of alkyl halides is 1.